The zero-order valence-corrected chi connectivity index (χ0v) is 6.66. The van der Waals surface area contributed by atoms with E-state index in [-0.39, 0.29) is 6.03 Å². The summed E-state index contributed by atoms with van der Waals surface area (Å²) in [5, 5.41) is 9.29. The average molecular weight is 146 g/mol. The monoisotopic (exact) mass is 146 g/mol. The van der Waals surface area contributed by atoms with Gasteiger partial charge >= 0.3 is 6.03 Å². The molecule has 4 heteroatoms. The lowest BCUT2D eigenvalue weighted by Gasteiger charge is -2.21. The van der Waals surface area contributed by atoms with Crippen LogP contribution in [0.4, 0.5) is 4.79 Å². The minimum Gasteiger partial charge on any atom is -0.323 e. The summed E-state index contributed by atoms with van der Waals surface area (Å²) in [6.07, 6.45) is 0. The number of carbonyl (C=O) groups excluding carboxylic acids is 1. The van der Waals surface area contributed by atoms with Gasteiger partial charge in [-0.15, -0.1) is 0 Å². The maximum Gasteiger partial charge on any atom is 0.343 e. The third-order valence-corrected chi connectivity index (χ3v) is 1.31. The first-order chi connectivity index (χ1) is 4.63. The van der Waals surface area contributed by atoms with Gasteiger partial charge < -0.3 is 4.90 Å². The highest BCUT2D eigenvalue weighted by Gasteiger charge is 2.11. The van der Waals surface area contributed by atoms with E-state index in [0.29, 0.717) is 18.2 Å². The highest BCUT2D eigenvalue weighted by Crippen LogP contribution is 1.92. The second kappa shape index (κ2) is 4.11. The summed E-state index contributed by atoms with van der Waals surface area (Å²) in [4.78, 5) is 12.4. The highest BCUT2D eigenvalue weighted by atomic mass is 16.5. The SMILES string of the molecule is CCN(CC)C(=O)N(C)O. The summed E-state index contributed by atoms with van der Waals surface area (Å²) in [5.74, 6) is 0. The first-order valence-electron chi connectivity index (χ1n) is 3.35. The van der Waals surface area contributed by atoms with E-state index in [0.717, 1.165) is 0 Å². The Morgan fingerprint density at radius 2 is 1.80 bits per heavy atom. The zero-order valence-electron chi connectivity index (χ0n) is 6.66. The molecule has 0 atom stereocenters. The molecular weight excluding hydrogens is 132 g/mol. The van der Waals surface area contributed by atoms with Crippen molar-refractivity contribution in [3.05, 3.63) is 0 Å². The number of hydrogen-bond donors (Lipinski definition) is 1. The van der Waals surface area contributed by atoms with Gasteiger partial charge in [-0.25, -0.2) is 9.86 Å². The molecule has 0 aromatic heterocycles. The van der Waals surface area contributed by atoms with Gasteiger partial charge in [0, 0.05) is 20.1 Å². The van der Waals surface area contributed by atoms with Crippen LogP contribution < -0.4 is 0 Å². The van der Waals surface area contributed by atoms with Gasteiger partial charge in [0.2, 0.25) is 0 Å². The largest absolute Gasteiger partial charge is 0.343 e. The number of nitrogens with zero attached hydrogens (tertiary/aromatic N) is 2. The minimum absolute atomic E-state index is 0.356. The third-order valence-electron chi connectivity index (χ3n) is 1.31. The normalized spacial score (nSPS) is 9.20. The van der Waals surface area contributed by atoms with Crippen LogP contribution in [0, 0.1) is 0 Å². The lowest BCUT2D eigenvalue weighted by Crippen LogP contribution is -2.39. The van der Waals surface area contributed by atoms with Crippen molar-refractivity contribution in [1.29, 1.82) is 0 Å². The molecule has 1 N–H and O–H groups in total. The molecule has 0 saturated carbocycles. The van der Waals surface area contributed by atoms with Crippen LogP contribution in [0.1, 0.15) is 13.8 Å². The van der Waals surface area contributed by atoms with Crippen molar-refractivity contribution in [1.82, 2.24) is 9.96 Å². The molecule has 0 rings (SSSR count). The van der Waals surface area contributed by atoms with Gasteiger partial charge in [-0.2, -0.15) is 0 Å². The van der Waals surface area contributed by atoms with Crippen molar-refractivity contribution in [3.63, 3.8) is 0 Å². The van der Waals surface area contributed by atoms with Crippen molar-refractivity contribution in [2.24, 2.45) is 0 Å². The van der Waals surface area contributed by atoms with Gasteiger partial charge in [0.25, 0.3) is 0 Å². The van der Waals surface area contributed by atoms with E-state index >= 15 is 0 Å². The van der Waals surface area contributed by atoms with Crippen molar-refractivity contribution in [3.8, 4) is 0 Å². The van der Waals surface area contributed by atoms with Gasteiger partial charge in [-0.1, -0.05) is 0 Å². The van der Waals surface area contributed by atoms with Gasteiger partial charge in [0.05, 0.1) is 0 Å². The number of carbonyl (C=O) groups is 1. The molecule has 0 aromatic carbocycles. The van der Waals surface area contributed by atoms with Crippen molar-refractivity contribution in [2.45, 2.75) is 13.8 Å². The molecule has 0 aromatic rings. The molecule has 10 heavy (non-hydrogen) atoms. The molecule has 0 unspecified atom stereocenters. The third kappa shape index (κ3) is 2.23. The molecule has 0 heterocycles. The van der Waals surface area contributed by atoms with Crippen LogP contribution in [0.15, 0.2) is 0 Å². The molecule has 0 spiro atoms. The van der Waals surface area contributed by atoms with Crippen molar-refractivity contribution in [2.75, 3.05) is 20.1 Å². The van der Waals surface area contributed by atoms with Crippen LogP contribution in [-0.4, -0.2) is 41.3 Å². The van der Waals surface area contributed by atoms with Gasteiger partial charge in [-0.05, 0) is 13.8 Å². The molecule has 0 fully saturated rings. The summed E-state index contributed by atoms with van der Waals surface area (Å²) in [5.41, 5.74) is 0. The lowest BCUT2D eigenvalue weighted by atomic mass is 10.5. The first-order valence-corrected chi connectivity index (χ1v) is 3.35. The number of urea groups is 1. The van der Waals surface area contributed by atoms with E-state index in [1.165, 1.54) is 11.9 Å². The van der Waals surface area contributed by atoms with E-state index in [4.69, 9.17) is 5.21 Å². The quantitative estimate of drug-likeness (QED) is 0.462. The fourth-order valence-corrected chi connectivity index (χ4v) is 0.699. The number of hydrogen-bond acceptors (Lipinski definition) is 2. The fourth-order valence-electron chi connectivity index (χ4n) is 0.699. The van der Waals surface area contributed by atoms with Gasteiger partial charge in [0.15, 0.2) is 0 Å². The topological polar surface area (TPSA) is 43.8 Å². The second-order valence-corrected chi connectivity index (χ2v) is 1.98. The number of amides is 2. The Labute approximate surface area is 61.0 Å². The smallest absolute Gasteiger partial charge is 0.323 e. The van der Waals surface area contributed by atoms with E-state index in [1.807, 2.05) is 13.8 Å². The second-order valence-electron chi connectivity index (χ2n) is 1.98. The summed E-state index contributed by atoms with van der Waals surface area (Å²) >= 11 is 0. The number of hydroxylamine groups is 2. The number of rotatable bonds is 2. The molecule has 0 aliphatic carbocycles. The maximum atomic E-state index is 10.9. The van der Waals surface area contributed by atoms with Crippen LogP contribution in [0.2, 0.25) is 0 Å². The molecule has 2 amide bonds. The van der Waals surface area contributed by atoms with Crippen LogP contribution in [0.3, 0.4) is 0 Å². The average Bonchev–Trinajstić information content (AvgIpc) is 1.90. The summed E-state index contributed by atoms with van der Waals surface area (Å²) < 4.78 is 0. The molecule has 0 saturated heterocycles. The Bertz CT molecular complexity index is 110. The van der Waals surface area contributed by atoms with Crippen LogP contribution in [-0.2, 0) is 0 Å². The van der Waals surface area contributed by atoms with Crippen molar-refractivity contribution < 1.29 is 10.0 Å². The summed E-state index contributed by atoms with van der Waals surface area (Å²) in [6, 6.07) is -0.356. The van der Waals surface area contributed by atoms with E-state index in [9.17, 15) is 4.79 Å². The minimum atomic E-state index is -0.356. The standard InChI is InChI=1S/C6H14N2O2/c1-4-8(5-2)6(9)7(3)10/h10H,4-5H2,1-3H3. The predicted molar refractivity (Wildman–Crippen MR) is 37.9 cm³/mol. The first kappa shape index (κ1) is 9.23. The molecule has 0 aliphatic rings. The Balaban J connectivity index is 3.89. The molecular formula is C6H14N2O2. The van der Waals surface area contributed by atoms with Gasteiger partial charge in [-0.3, -0.25) is 5.21 Å². The Kier molecular flexibility index (Phi) is 3.79. The Morgan fingerprint density at radius 1 is 1.40 bits per heavy atom. The van der Waals surface area contributed by atoms with Crippen LogP contribution in [0.25, 0.3) is 0 Å². The molecule has 60 valence electrons. The van der Waals surface area contributed by atoms with E-state index in [2.05, 4.69) is 0 Å². The molecule has 0 radical (unpaired) electrons. The lowest BCUT2D eigenvalue weighted by molar-refractivity contribution is -0.0326. The summed E-state index contributed by atoms with van der Waals surface area (Å²) in [6.45, 7) is 4.98. The summed E-state index contributed by atoms with van der Waals surface area (Å²) in [7, 11) is 1.32. The highest BCUT2D eigenvalue weighted by molar-refractivity contribution is 5.72. The van der Waals surface area contributed by atoms with Gasteiger partial charge in [0.1, 0.15) is 0 Å². The Morgan fingerprint density at radius 3 is 1.90 bits per heavy atom. The molecule has 4 nitrogen and oxygen atoms in total. The van der Waals surface area contributed by atoms with Crippen LogP contribution in [0.5, 0.6) is 0 Å². The molecule has 0 bridgehead atoms. The van der Waals surface area contributed by atoms with E-state index in [1.54, 1.807) is 0 Å². The zero-order chi connectivity index (χ0) is 8.15. The Hall–Kier alpha value is -0.770. The van der Waals surface area contributed by atoms with Crippen molar-refractivity contribution >= 4 is 6.03 Å². The predicted octanol–water partition coefficient (Wildman–Crippen LogP) is 0.769. The van der Waals surface area contributed by atoms with E-state index < -0.39 is 0 Å². The van der Waals surface area contributed by atoms with Crippen LogP contribution >= 0.6 is 0 Å². The maximum absolute atomic E-state index is 10.9. The fraction of sp³-hybridized carbons (Fsp3) is 0.833. The molecule has 0 aliphatic heterocycles.